The van der Waals surface area contributed by atoms with Crippen molar-refractivity contribution in [2.24, 2.45) is 10.2 Å². The molecular formula is C20H18BrN3O4S. The van der Waals surface area contributed by atoms with Gasteiger partial charge < -0.3 is 15.2 Å². The summed E-state index contributed by atoms with van der Waals surface area (Å²) in [4.78, 5) is 22.5. The highest BCUT2D eigenvalue weighted by Crippen LogP contribution is 2.24. The van der Waals surface area contributed by atoms with Gasteiger partial charge in [-0.15, -0.1) is 5.10 Å². The number of carbonyl (C=O) groups is 2. The molecule has 1 amide bonds. The number of benzene rings is 2. The number of ether oxygens (including phenoxy) is 1. The van der Waals surface area contributed by atoms with Crippen LogP contribution in [0.4, 0.5) is 0 Å². The van der Waals surface area contributed by atoms with E-state index in [1.807, 2.05) is 49.4 Å². The van der Waals surface area contributed by atoms with Crippen molar-refractivity contribution in [1.29, 1.82) is 0 Å². The number of nitrogens with one attached hydrogen (secondary N) is 1. The topological polar surface area (TPSA) is 100 Å². The van der Waals surface area contributed by atoms with Crippen LogP contribution in [0.3, 0.4) is 0 Å². The van der Waals surface area contributed by atoms with E-state index in [0.717, 1.165) is 27.4 Å². The van der Waals surface area contributed by atoms with E-state index in [9.17, 15) is 9.59 Å². The van der Waals surface area contributed by atoms with Crippen molar-refractivity contribution < 1.29 is 19.4 Å². The zero-order chi connectivity index (χ0) is 20.8. The summed E-state index contributed by atoms with van der Waals surface area (Å²) in [6.07, 6.45) is 1.27. The predicted octanol–water partition coefficient (Wildman–Crippen LogP) is 3.73. The van der Waals surface area contributed by atoms with Gasteiger partial charge in [0.2, 0.25) is 5.91 Å². The van der Waals surface area contributed by atoms with E-state index in [1.54, 1.807) is 0 Å². The first kappa shape index (κ1) is 21.1. The van der Waals surface area contributed by atoms with E-state index in [4.69, 9.17) is 9.84 Å². The molecule has 3 rings (SSSR count). The highest BCUT2D eigenvalue weighted by Gasteiger charge is 2.32. The van der Waals surface area contributed by atoms with Crippen LogP contribution in [0.15, 0.2) is 57.1 Å². The molecule has 1 aliphatic rings. The molecule has 1 heterocycles. The van der Waals surface area contributed by atoms with Gasteiger partial charge >= 0.3 is 5.97 Å². The molecule has 1 unspecified atom stereocenters. The molecule has 2 aromatic carbocycles. The molecule has 0 spiro atoms. The molecule has 2 N–H and O–H groups in total. The third-order valence-corrected chi connectivity index (χ3v) is 5.66. The van der Waals surface area contributed by atoms with Gasteiger partial charge in [-0.1, -0.05) is 52.0 Å². The Morgan fingerprint density at radius 3 is 2.90 bits per heavy atom. The SMILES string of the molecule is Cc1ccccc1COc1ccc(Br)cc1C=NN=C1NC(=O)C(CC(=O)O)S1. The highest BCUT2D eigenvalue weighted by atomic mass is 79.9. The number of amidine groups is 1. The molecule has 0 bridgehead atoms. The predicted molar refractivity (Wildman–Crippen MR) is 116 cm³/mol. The van der Waals surface area contributed by atoms with Crippen LogP contribution in [-0.2, 0) is 16.2 Å². The van der Waals surface area contributed by atoms with Crippen molar-refractivity contribution in [2.75, 3.05) is 0 Å². The molecule has 1 aliphatic heterocycles. The fourth-order valence-electron chi connectivity index (χ4n) is 2.57. The Bertz CT molecular complexity index is 993. The molecule has 0 aliphatic carbocycles. The molecule has 0 radical (unpaired) electrons. The maximum Gasteiger partial charge on any atom is 0.305 e. The smallest absolute Gasteiger partial charge is 0.305 e. The normalized spacial score (nSPS) is 17.7. The second kappa shape index (κ2) is 9.71. The van der Waals surface area contributed by atoms with Gasteiger partial charge in [0.1, 0.15) is 17.6 Å². The van der Waals surface area contributed by atoms with Crippen LogP contribution >= 0.6 is 27.7 Å². The lowest BCUT2D eigenvalue weighted by molar-refractivity contribution is -0.138. The van der Waals surface area contributed by atoms with Crippen LogP contribution in [0.5, 0.6) is 5.75 Å². The van der Waals surface area contributed by atoms with E-state index >= 15 is 0 Å². The third kappa shape index (κ3) is 5.91. The van der Waals surface area contributed by atoms with Crippen molar-refractivity contribution in [2.45, 2.75) is 25.2 Å². The second-order valence-corrected chi connectivity index (χ2v) is 8.35. The maximum absolute atomic E-state index is 11.7. The van der Waals surface area contributed by atoms with Gasteiger partial charge in [0.15, 0.2) is 5.17 Å². The molecule has 0 aromatic heterocycles. The van der Waals surface area contributed by atoms with Crippen molar-refractivity contribution in [3.8, 4) is 5.75 Å². The van der Waals surface area contributed by atoms with E-state index in [1.165, 1.54) is 6.21 Å². The summed E-state index contributed by atoms with van der Waals surface area (Å²) in [6.45, 7) is 2.45. The van der Waals surface area contributed by atoms with Gasteiger partial charge in [-0.3, -0.25) is 9.59 Å². The highest BCUT2D eigenvalue weighted by molar-refractivity contribution is 9.10. The quantitative estimate of drug-likeness (QED) is 0.469. The van der Waals surface area contributed by atoms with Crippen LogP contribution < -0.4 is 10.1 Å². The Morgan fingerprint density at radius 1 is 1.34 bits per heavy atom. The number of hydrogen-bond donors (Lipinski definition) is 2. The number of halogens is 1. The summed E-state index contributed by atoms with van der Waals surface area (Å²) in [5, 5.41) is 18.9. The van der Waals surface area contributed by atoms with E-state index < -0.39 is 11.2 Å². The zero-order valence-electron chi connectivity index (χ0n) is 15.5. The largest absolute Gasteiger partial charge is 0.488 e. The first-order valence-corrected chi connectivity index (χ1v) is 10.4. The molecule has 29 heavy (non-hydrogen) atoms. The monoisotopic (exact) mass is 475 g/mol. The van der Waals surface area contributed by atoms with Gasteiger partial charge in [0, 0.05) is 10.0 Å². The molecule has 0 saturated carbocycles. The molecule has 1 atom stereocenters. The van der Waals surface area contributed by atoms with Crippen LogP contribution in [0, 0.1) is 6.92 Å². The lowest BCUT2D eigenvalue weighted by Gasteiger charge is -2.11. The lowest BCUT2D eigenvalue weighted by atomic mass is 10.1. The number of rotatable bonds is 7. The van der Waals surface area contributed by atoms with E-state index in [0.29, 0.717) is 17.9 Å². The van der Waals surface area contributed by atoms with Gasteiger partial charge in [-0.2, -0.15) is 5.10 Å². The number of aliphatic carboxylic acids is 1. The van der Waals surface area contributed by atoms with Crippen molar-refractivity contribution in [3.05, 3.63) is 63.6 Å². The number of carboxylic acid groups (broad SMARTS) is 1. The summed E-state index contributed by atoms with van der Waals surface area (Å²) in [5.41, 5.74) is 2.96. The average Bonchev–Trinajstić information content (AvgIpc) is 3.01. The van der Waals surface area contributed by atoms with E-state index in [2.05, 4.69) is 31.4 Å². The Balaban J connectivity index is 1.70. The number of hydrogen-bond acceptors (Lipinski definition) is 6. The third-order valence-electron chi connectivity index (χ3n) is 4.10. The molecule has 9 heteroatoms. The van der Waals surface area contributed by atoms with Gasteiger partial charge in [-0.05, 0) is 36.2 Å². The minimum atomic E-state index is -1.04. The molecule has 7 nitrogen and oxygen atoms in total. The second-order valence-electron chi connectivity index (χ2n) is 6.24. The molecule has 150 valence electrons. The lowest BCUT2D eigenvalue weighted by Crippen LogP contribution is -2.26. The number of amides is 1. The Kier molecular flexibility index (Phi) is 7.05. The summed E-state index contributed by atoms with van der Waals surface area (Å²) >= 11 is 4.48. The first-order chi connectivity index (χ1) is 13.9. The number of carboxylic acids is 1. The average molecular weight is 476 g/mol. The van der Waals surface area contributed by atoms with Crippen LogP contribution in [0.1, 0.15) is 23.1 Å². The van der Waals surface area contributed by atoms with Crippen LogP contribution in [0.2, 0.25) is 0 Å². The number of thioether (sulfide) groups is 1. The van der Waals surface area contributed by atoms with Crippen molar-refractivity contribution in [3.63, 3.8) is 0 Å². The molecule has 1 saturated heterocycles. The standard InChI is InChI=1S/C20H18BrN3O4S/c1-12-4-2-3-5-13(12)11-28-16-7-6-15(21)8-14(16)10-22-24-20-23-19(27)17(29-20)9-18(25)26/h2-8,10,17H,9,11H2,1H3,(H,25,26)(H,23,24,27). The summed E-state index contributed by atoms with van der Waals surface area (Å²) < 4.78 is 6.82. The number of aryl methyl sites for hydroxylation is 1. The minimum Gasteiger partial charge on any atom is -0.488 e. The summed E-state index contributed by atoms with van der Waals surface area (Å²) in [5.74, 6) is -0.768. The summed E-state index contributed by atoms with van der Waals surface area (Å²) in [6, 6.07) is 13.6. The molecular weight excluding hydrogens is 458 g/mol. The fraction of sp³-hybridized carbons (Fsp3) is 0.200. The Morgan fingerprint density at radius 2 is 2.14 bits per heavy atom. The molecule has 1 fully saturated rings. The van der Waals surface area contributed by atoms with Gasteiger partial charge in [0.05, 0.1) is 12.6 Å². The van der Waals surface area contributed by atoms with Crippen LogP contribution in [0.25, 0.3) is 0 Å². The Hall–Kier alpha value is -2.65. The number of nitrogens with zero attached hydrogens (tertiary/aromatic N) is 2. The molecule has 2 aromatic rings. The van der Waals surface area contributed by atoms with Gasteiger partial charge in [0.25, 0.3) is 0 Å². The van der Waals surface area contributed by atoms with Crippen molar-refractivity contribution >= 4 is 51.0 Å². The fourth-order valence-corrected chi connectivity index (χ4v) is 3.86. The maximum atomic E-state index is 11.7. The Labute approximate surface area is 180 Å². The van der Waals surface area contributed by atoms with Crippen LogP contribution in [-0.4, -0.2) is 33.6 Å². The zero-order valence-corrected chi connectivity index (χ0v) is 17.9. The minimum absolute atomic E-state index is 0.262. The van der Waals surface area contributed by atoms with E-state index in [-0.39, 0.29) is 17.5 Å². The van der Waals surface area contributed by atoms with Gasteiger partial charge in [-0.25, -0.2) is 0 Å². The number of carbonyl (C=O) groups excluding carboxylic acids is 1. The van der Waals surface area contributed by atoms with Crippen molar-refractivity contribution in [1.82, 2.24) is 5.32 Å². The summed E-state index contributed by atoms with van der Waals surface area (Å²) in [7, 11) is 0. The first-order valence-electron chi connectivity index (χ1n) is 8.69.